The summed E-state index contributed by atoms with van der Waals surface area (Å²) in [4.78, 5) is 6.16. The largest absolute Gasteiger partial charge is 0.303 e. The maximum Gasteiger partial charge on any atom is 0.137 e. The lowest BCUT2D eigenvalue weighted by atomic mass is 10.0. The summed E-state index contributed by atoms with van der Waals surface area (Å²) in [5.41, 5.74) is 5.76. The van der Waals surface area contributed by atoms with Gasteiger partial charge in [-0.05, 0) is 36.1 Å². The standard InChI is InChI=1S/C21H18N2S/c1-24-18-12-10-17(11-13-18)21-19(15-16-7-3-2-4-8-16)23-14-6-5-9-20(23)22-21/h2-14H,15H2,1H3. The van der Waals surface area contributed by atoms with Crippen molar-refractivity contribution in [3.63, 3.8) is 0 Å². The molecule has 118 valence electrons. The molecule has 0 amide bonds. The van der Waals surface area contributed by atoms with Crippen LogP contribution >= 0.6 is 11.8 Å². The lowest BCUT2D eigenvalue weighted by Gasteiger charge is -2.06. The summed E-state index contributed by atoms with van der Waals surface area (Å²) < 4.78 is 2.20. The molecule has 3 heteroatoms. The van der Waals surface area contributed by atoms with Crippen LogP contribution in [0.2, 0.25) is 0 Å². The second kappa shape index (κ2) is 6.54. The number of hydrogen-bond acceptors (Lipinski definition) is 2. The molecule has 0 radical (unpaired) electrons. The molecular weight excluding hydrogens is 312 g/mol. The van der Waals surface area contributed by atoms with Gasteiger partial charge < -0.3 is 4.40 Å². The third-order valence-corrected chi connectivity index (χ3v) is 4.95. The van der Waals surface area contributed by atoms with Crippen LogP contribution in [0.25, 0.3) is 16.9 Å². The molecule has 2 aromatic carbocycles. The Bertz CT molecular complexity index is 956. The molecule has 0 N–H and O–H groups in total. The zero-order valence-electron chi connectivity index (χ0n) is 13.5. The van der Waals surface area contributed by atoms with Crippen molar-refractivity contribution in [2.75, 3.05) is 6.26 Å². The predicted molar refractivity (Wildman–Crippen MR) is 102 cm³/mol. The Labute approximate surface area is 146 Å². The van der Waals surface area contributed by atoms with E-state index in [1.54, 1.807) is 11.8 Å². The Morgan fingerprint density at radius 2 is 1.62 bits per heavy atom. The first-order valence-electron chi connectivity index (χ1n) is 7.99. The fourth-order valence-electron chi connectivity index (χ4n) is 2.98. The number of benzene rings is 2. The fraction of sp³-hybridized carbons (Fsp3) is 0.0952. The molecule has 4 rings (SSSR count). The van der Waals surface area contributed by atoms with E-state index >= 15 is 0 Å². The summed E-state index contributed by atoms with van der Waals surface area (Å²) >= 11 is 1.76. The van der Waals surface area contributed by atoms with E-state index in [0.717, 1.165) is 17.8 Å². The van der Waals surface area contributed by atoms with Gasteiger partial charge in [0, 0.05) is 23.1 Å². The maximum atomic E-state index is 4.89. The highest BCUT2D eigenvalue weighted by atomic mass is 32.2. The monoisotopic (exact) mass is 330 g/mol. The first kappa shape index (κ1) is 15.0. The fourth-order valence-corrected chi connectivity index (χ4v) is 3.39. The van der Waals surface area contributed by atoms with Gasteiger partial charge in [0.1, 0.15) is 5.65 Å². The molecule has 0 atom stereocenters. The molecule has 0 aliphatic rings. The number of pyridine rings is 1. The lowest BCUT2D eigenvalue weighted by molar-refractivity contribution is 1.03. The highest BCUT2D eigenvalue weighted by molar-refractivity contribution is 7.98. The Balaban J connectivity index is 1.85. The molecule has 0 bridgehead atoms. The molecule has 0 unspecified atom stereocenters. The second-order valence-electron chi connectivity index (χ2n) is 5.73. The molecular formula is C21H18N2S. The van der Waals surface area contributed by atoms with Crippen LogP contribution in [0.3, 0.4) is 0 Å². The second-order valence-corrected chi connectivity index (χ2v) is 6.61. The van der Waals surface area contributed by atoms with Crippen LogP contribution < -0.4 is 0 Å². The molecule has 0 saturated heterocycles. The van der Waals surface area contributed by atoms with Crippen molar-refractivity contribution in [1.29, 1.82) is 0 Å². The van der Waals surface area contributed by atoms with E-state index in [-0.39, 0.29) is 0 Å². The maximum absolute atomic E-state index is 4.89. The zero-order valence-corrected chi connectivity index (χ0v) is 14.3. The van der Waals surface area contributed by atoms with Crippen LogP contribution in [-0.2, 0) is 6.42 Å². The van der Waals surface area contributed by atoms with Gasteiger partial charge in [-0.3, -0.25) is 0 Å². The smallest absolute Gasteiger partial charge is 0.137 e. The van der Waals surface area contributed by atoms with Crippen LogP contribution in [-0.4, -0.2) is 15.6 Å². The Morgan fingerprint density at radius 1 is 0.875 bits per heavy atom. The summed E-state index contributed by atoms with van der Waals surface area (Å²) in [6, 6.07) is 25.4. The van der Waals surface area contributed by atoms with Crippen LogP contribution in [0.5, 0.6) is 0 Å². The average molecular weight is 330 g/mol. The molecule has 2 heterocycles. The van der Waals surface area contributed by atoms with Crippen LogP contribution in [0.1, 0.15) is 11.3 Å². The lowest BCUT2D eigenvalue weighted by Crippen LogP contribution is -1.96. The van der Waals surface area contributed by atoms with E-state index in [1.165, 1.54) is 21.7 Å². The predicted octanol–water partition coefficient (Wildman–Crippen LogP) is 5.31. The number of rotatable bonds is 4. The summed E-state index contributed by atoms with van der Waals surface area (Å²) in [5.74, 6) is 0. The number of nitrogens with zero attached hydrogens (tertiary/aromatic N) is 2. The molecule has 0 aliphatic heterocycles. The topological polar surface area (TPSA) is 17.3 Å². The van der Waals surface area contributed by atoms with E-state index in [2.05, 4.69) is 83.6 Å². The van der Waals surface area contributed by atoms with E-state index in [4.69, 9.17) is 4.98 Å². The quantitative estimate of drug-likeness (QED) is 0.472. The minimum Gasteiger partial charge on any atom is -0.303 e. The van der Waals surface area contributed by atoms with Gasteiger partial charge in [-0.1, -0.05) is 48.5 Å². The molecule has 24 heavy (non-hydrogen) atoms. The number of thioether (sulfide) groups is 1. The molecule has 0 aliphatic carbocycles. The minimum atomic E-state index is 0.867. The van der Waals surface area contributed by atoms with Gasteiger partial charge in [0.25, 0.3) is 0 Å². The van der Waals surface area contributed by atoms with Gasteiger partial charge in [-0.2, -0.15) is 0 Å². The molecule has 0 spiro atoms. The van der Waals surface area contributed by atoms with Crippen LogP contribution in [0.4, 0.5) is 0 Å². The van der Waals surface area contributed by atoms with Gasteiger partial charge >= 0.3 is 0 Å². The highest BCUT2D eigenvalue weighted by Gasteiger charge is 2.14. The zero-order chi connectivity index (χ0) is 16.4. The normalized spacial score (nSPS) is 11.0. The molecule has 0 saturated carbocycles. The Kier molecular flexibility index (Phi) is 4.09. The number of aromatic nitrogens is 2. The minimum absolute atomic E-state index is 0.867. The van der Waals surface area contributed by atoms with Crippen molar-refractivity contribution in [2.45, 2.75) is 11.3 Å². The van der Waals surface area contributed by atoms with E-state index in [9.17, 15) is 0 Å². The molecule has 0 fully saturated rings. The van der Waals surface area contributed by atoms with Gasteiger partial charge in [-0.15, -0.1) is 11.8 Å². The Morgan fingerprint density at radius 3 is 2.38 bits per heavy atom. The van der Waals surface area contributed by atoms with E-state index in [1.807, 2.05) is 6.07 Å². The van der Waals surface area contributed by atoms with E-state index < -0.39 is 0 Å². The summed E-state index contributed by atoms with van der Waals surface area (Å²) in [5, 5.41) is 0. The first-order valence-corrected chi connectivity index (χ1v) is 9.22. The van der Waals surface area contributed by atoms with Crippen LogP contribution in [0, 0.1) is 0 Å². The van der Waals surface area contributed by atoms with Gasteiger partial charge in [0.05, 0.1) is 11.4 Å². The van der Waals surface area contributed by atoms with E-state index in [0.29, 0.717) is 0 Å². The van der Waals surface area contributed by atoms with Crippen molar-refractivity contribution >= 4 is 17.4 Å². The summed E-state index contributed by atoms with van der Waals surface area (Å²) in [6.45, 7) is 0. The van der Waals surface area contributed by atoms with Gasteiger partial charge in [0.2, 0.25) is 0 Å². The number of imidazole rings is 1. The number of hydrogen-bond donors (Lipinski definition) is 0. The third-order valence-electron chi connectivity index (χ3n) is 4.21. The van der Waals surface area contributed by atoms with Crippen LogP contribution in [0.15, 0.2) is 83.9 Å². The average Bonchev–Trinajstić information content (AvgIpc) is 3.01. The van der Waals surface area contributed by atoms with Crippen molar-refractivity contribution in [3.05, 3.63) is 90.3 Å². The number of fused-ring (bicyclic) bond motifs is 1. The third kappa shape index (κ3) is 2.83. The van der Waals surface area contributed by atoms with Crippen molar-refractivity contribution < 1.29 is 0 Å². The SMILES string of the molecule is CSc1ccc(-c2nc3ccccn3c2Cc2ccccc2)cc1. The molecule has 4 aromatic rings. The summed E-state index contributed by atoms with van der Waals surface area (Å²) in [7, 11) is 0. The van der Waals surface area contributed by atoms with Crippen molar-refractivity contribution in [2.24, 2.45) is 0 Å². The molecule has 2 aromatic heterocycles. The first-order chi connectivity index (χ1) is 11.8. The summed E-state index contributed by atoms with van der Waals surface area (Å²) in [6.07, 6.45) is 5.06. The Hall–Kier alpha value is -2.52. The molecule has 2 nitrogen and oxygen atoms in total. The highest BCUT2D eigenvalue weighted by Crippen LogP contribution is 2.28. The van der Waals surface area contributed by atoms with Crippen molar-refractivity contribution in [3.8, 4) is 11.3 Å². The van der Waals surface area contributed by atoms with Gasteiger partial charge in [0.15, 0.2) is 0 Å². The van der Waals surface area contributed by atoms with Crippen molar-refractivity contribution in [1.82, 2.24) is 9.38 Å². The van der Waals surface area contributed by atoms with Gasteiger partial charge in [-0.25, -0.2) is 4.98 Å².